The number of thiol groups is 1. The van der Waals surface area contributed by atoms with Crippen LogP contribution in [-0.4, -0.2) is 179 Å². The fourth-order valence-corrected chi connectivity index (χ4v) is 17.1. The van der Waals surface area contributed by atoms with E-state index in [0.29, 0.717) is 32.5 Å². The molecule has 139 heavy (non-hydrogen) atoms. The maximum Gasteiger partial charge on any atom is 0.306 e. The van der Waals surface area contributed by atoms with Crippen LogP contribution in [0.1, 0.15) is 95.2 Å². The summed E-state index contributed by atoms with van der Waals surface area (Å²) >= 11 is 1.85. The number of rotatable bonds is 45. The lowest BCUT2D eigenvalue weighted by Gasteiger charge is -2.48. The summed E-state index contributed by atoms with van der Waals surface area (Å²) in [7, 11) is 3.04. The van der Waals surface area contributed by atoms with Gasteiger partial charge in [-0.2, -0.15) is 0 Å². The van der Waals surface area contributed by atoms with Crippen LogP contribution in [0.25, 0.3) is 0 Å². The van der Waals surface area contributed by atoms with Gasteiger partial charge in [0.15, 0.2) is 18.5 Å². The molecular weight excluding hydrogens is 1820 g/mol. The van der Waals surface area contributed by atoms with Gasteiger partial charge in [-0.3, -0.25) is 24.3 Å². The van der Waals surface area contributed by atoms with Crippen molar-refractivity contribution >= 4 is 48.2 Å². The molecule has 4 fully saturated rings. The number of amides is 2. The molecule has 4 aliphatic heterocycles. The maximum atomic E-state index is 17.1. The third kappa shape index (κ3) is 34.8. The van der Waals surface area contributed by atoms with E-state index < -0.39 is 134 Å². The number of nitrogens with two attached hydrogens (primary N) is 1. The molecule has 4 aliphatic rings. The van der Waals surface area contributed by atoms with Gasteiger partial charge >= 0.3 is 11.9 Å². The molecule has 29 heteroatoms. The average Bonchev–Trinajstić information content (AvgIpc) is 0.770. The van der Waals surface area contributed by atoms with Crippen LogP contribution < -0.4 is 15.8 Å². The molecule has 0 aromatic heterocycles. The predicted octanol–water partition coefficient (Wildman–Crippen LogP) is 17.2. The zero-order valence-corrected chi connectivity index (χ0v) is 79.8. The molecule has 0 aliphatic carbocycles. The van der Waals surface area contributed by atoms with Crippen LogP contribution in [0.4, 0.5) is 8.78 Å². The number of ether oxygens (including phenoxy) is 17. The van der Waals surface area contributed by atoms with Gasteiger partial charge in [0.25, 0.3) is 0 Å². The molecular formula is C110H125F2N3O22S2. The van der Waals surface area contributed by atoms with Crippen LogP contribution in [-0.2, 0) is 166 Å². The fraction of sp³-hybridized carbons (Fsp3) is 0.364. The smallest absolute Gasteiger partial charge is 0.306 e. The zero-order chi connectivity index (χ0) is 99.8. The fourth-order valence-electron chi connectivity index (χ4n) is 15.9. The van der Waals surface area contributed by atoms with E-state index in [4.69, 9.17) is 84.5 Å². The highest BCUT2D eigenvalue weighted by atomic mass is 32.2. The number of esters is 2. The van der Waals surface area contributed by atoms with Crippen molar-refractivity contribution < 1.29 is 116 Å². The molecule has 2 amide bonds. The molecule has 4 heterocycles. The monoisotopic (exact) mass is 1950 g/mol. The van der Waals surface area contributed by atoms with Gasteiger partial charge in [0, 0.05) is 31.8 Å². The number of benzene rings is 11. The molecule has 5 N–H and O–H groups in total. The van der Waals surface area contributed by atoms with E-state index in [0.717, 1.165) is 60.5 Å². The minimum Gasteiger partial charge on any atom is -0.457 e. The Kier molecular flexibility index (Phi) is 43.6. The van der Waals surface area contributed by atoms with Crippen LogP contribution in [0.3, 0.4) is 0 Å². The summed E-state index contributed by atoms with van der Waals surface area (Å²) in [5.41, 5.74) is 8.88. The lowest BCUT2D eigenvalue weighted by Crippen LogP contribution is -2.65. The predicted molar refractivity (Wildman–Crippen MR) is 523 cm³/mol. The second kappa shape index (κ2) is 59.0. The highest BCUT2D eigenvalue weighted by Crippen LogP contribution is 2.41. The number of aliphatic hydroxyl groups is 1. The molecule has 11 aromatic carbocycles. The lowest BCUT2D eigenvalue weighted by molar-refractivity contribution is -0.365. The van der Waals surface area contributed by atoms with Gasteiger partial charge in [-0.15, -0.1) is 12.7 Å². The van der Waals surface area contributed by atoms with Crippen molar-refractivity contribution in [1.29, 1.82) is 1.12 Å². The van der Waals surface area contributed by atoms with Crippen molar-refractivity contribution in [2.24, 2.45) is 5.13 Å². The first kappa shape index (κ1) is 103. The van der Waals surface area contributed by atoms with Crippen LogP contribution >= 0.6 is 24.5 Å². The molecule has 4 saturated heterocycles. The first-order valence-electron chi connectivity index (χ1n) is 47.8. The van der Waals surface area contributed by atoms with Gasteiger partial charge in [0.1, 0.15) is 82.6 Å². The van der Waals surface area contributed by atoms with E-state index in [1.54, 1.807) is 18.7 Å². The number of thioether (sulfide) groups is 1. The summed E-state index contributed by atoms with van der Waals surface area (Å²) in [5, 5.41) is 15.8. The highest BCUT2D eigenvalue weighted by Gasteiger charge is 2.56. The molecule has 0 bridgehead atoms. The van der Waals surface area contributed by atoms with Gasteiger partial charge in [0.05, 0.1) is 104 Å². The molecule has 0 radical (unpaired) electrons. The Hall–Kier alpha value is -10.8. The normalized spacial score (nSPS) is 24.6. The molecule has 11 aromatic rings. The first-order chi connectivity index (χ1) is 69.3. The Labute approximate surface area is 826 Å². The number of carbonyl (C=O) groups is 4. The summed E-state index contributed by atoms with van der Waals surface area (Å²) in [6.45, 7) is 5.96. The van der Waals surface area contributed by atoms with Crippen molar-refractivity contribution in [3.63, 3.8) is 0 Å². The van der Waals surface area contributed by atoms with Crippen molar-refractivity contribution in [2.45, 2.75) is 233 Å². The topological polar surface area (TPSA) is 295 Å². The third-order valence-corrected chi connectivity index (χ3v) is 24.3. The average molecular weight is 1950 g/mol. The van der Waals surface area contributed by atoms with Crippen LogP contribution in [0.2, 0.25) is 2.82 Å². The Morgan fingerprint density at radius 3 is 0.957 bits per heavy atom. The second-order valence-electron chi connectivity index (χ2n) is 33.3. The summed E-state index contributed by atoms with van der Waals surface area (Å²) in [6.07, 6.45) is -19.9. The van der Waals surface area contributed by atoms with Crippen LogP contribution in [0, 0.1) is 0 Å². The molecule has 9 unspecified atom stereocenters. The highest BCUT2D eigenvalue weighted by molar-refractivity contribution is 7.99. The summed E-state index contributed by atoms with van der Waals surface area (Å²) in [5.74, 6) is -1.63. The van der Waals surface area contributed by atoms with Crippen LogP contribution in [0.5, 0.6) is 0 Å². The van der Waals surface area contributed by atoms with Gasteiger partial charge in [-0.1, -0.05) is 333 Å². The van der Waals surface area contributed by atoms with Crippen molar-refractivity contribution in [1.82, 2.24) is 10.6 Å². The Bertz CT molecular complexity index is 5350. The largest absolute Gasteiger partial charge is 0.457 e. The minimum absolute atomic E-state index is 0.00513. The number of hydrogen-bond acceptors (Lipinski definition) is 25. The third-order valence-electron chi connectivity index (χ3n) is 23.2. The van der Waals surface area contributed by atoms with E-state index in [1.165, 1.54) is 14.1 Å². The Balaban J connectivity index is 0.000000199. The quantitative estimate of drug-likeness (QED) is 0.0175. The van der Waals surface area contributed by atoms with E-state index in [9.17, 15) is 28.7 Å². The number of alkyl halides is 2. The summed E-state index contributed by atoms with van der Waals surface area (Å²) < 4.78 is 157. The lowest BCUT2D eigenvalue weighted by atomic mass is 9.96. The maximum absolute atomic E-state index is 17.1. The standard InChI is InChI=1S/C52H58FNO11.C31H35NO6S.C27H29FO5.H3NS/c1-36-45(64-44(56)29-28-43(55)54-2)47(59-32-39-22-12-5-13-23-39)50(61-34-41-26-16-7-17-27-41)52(62-36)65-49-48(60-33-40-24-14-6-15-25-40)46(58-31-38-20-10-4-11-21-38)42(63-51(49)53)35-57-30-37-18-8-3-9-19-37;1-22-28(38-27(34)19-18-26(33)32-2)29(35-20-23-12-6-3-7-13-23)30(36-21-24-14-8-4-9-15-24)31(37-22)39-25-16-10-5-11-17-25;28-27-24(29)26(32-18-22-14-8-3-9-15-22)25(31-17-21-12-6-2-7-13-21)23(33-27)19-30-16-20-10-4-1-5-11-20;1-2/h3-27,36,42,45-52H,28-35H2,1-2H3,(H,54,55);3-17,22,28-31H,18-21H2,1-2H3,(H,32,33);1-15,23-27,29H,16-19H2;2H,1H2/t36?,42?,45-,46+,47+,48-,49+,50?,51?,52?;22?,28-,29+,30?,31-;23?,24?,25-,26-,27-;/m110./s1/i;;;2T/hTD. The number of hydrogen-bond donors (Lipinski definition) is 5. The molecule has 0 spiro atoms. The van der Waals surface area contributed by atoms with Crippen molar-refractivity contribution in [2.75, 3.05) is 27.3 Å². The Morgan fingerprint density at radius 1 is 0.360 bits per heavy atom. The molecule has 25 nitrogen and oxygen atoms in total. The van der Waals surface area contributed by atoms with Gasteiger partial charge < -0.3 is 96.3 Å². The number of carbonyl (C=O) groups excluding carboxylic acids is 4. The molecule has 0 saturated carbocycles. The van der Waals surface area contributed by atoms with Crippen molar-refractivity contribution in [3.05, 3.63) is 389 Å². The van der Waals surface area contributed by atoms with E-state index in [2.05, 4.69) is 10.6 Å². The Morgan fingerprint density at radius 2 is 0.626 bits per heavy atom. The summed E-state index contributed by atoms with van der Waals surface area (Å²) in [4.78, 5) is 51.0. The van der Waals surface area contributed by atoms with Gasteiger partial charge in [-0.05, 0) is 81.6 Å². The number of aliphatic hydroxyl groups excluding tert-OH is 1. The first-order valence-corrected chi connectivity index (χ1v) is 47.7. The number of halogens is 2. The number of nitrogens with one attached hydrogen (secondary N) is 2. The van der Waals surface area contributed by atoms with Crippen LogP contribution in [0.15, 0.2) is 339 Å². The molecule has 20 atom stereocenters. The van der Waals surface area contributed by atoms with E-state index in [-0.39, 0.29) is 102 Å². The molecule has 15 rings (SSSR count). The van der Waals surface area contributed by atoms with E-state index in [1.807, 2.05) is 341 Å². The summed E-state index contributed by atoms with van der Waals surface area (Å²) in [6, 6.07) is 107. The van der Waals surface area contributed by atoms with Gasteiger partial charge in [0.2, 0.25) is 24.5 Å². The van der Waals surface area contributed by atoms with Gasteiger partial charge in [-0.25, -0.2) is 8.78 Å². The zero-order valence-electron chi connectivity index (χ0n) is 81.2. The SMILES string of the molecule is CNC(=O)CCC(=O)O[C@@H]1C(C)OC(O[C@@H]2C(F)OC(COCc3ccccc3)[C@H](OCc3ccccc3)[C@H]2OCc2ccccc2)C(OCc2ccccc2)[C@H]1OCc1ccccc1.CNC(=O)CCC(=O)O[C@@H]1C(C)O[C@H](Sc2ccccc2)C(OCc2ccccc2)[C@H]1OCc1ccccc1.OC1[C@@H](F)OC(COCc2ccccc2)[C@H](OCc2ccccc2)[C@H]1OCc1ccccc1.[2H]N([3H])S[3H]. The van der Waals surface area contributed by atoms with Crippen molar-refractivity contribution in [3.8, 4) is 0 Å². The minimum atomic E-state index is -2.05. The molecule has 738 valence electrons. The second-order valence-corrected chi connectivity index (χ2v) is 34.5. The van der Waals surface area contributed by atoms with E-state index >= 15 is 4.39 Å².